The molecule has 3 rings (SSSR count). The highest BCUT2D eigenvalue weighted by molar-refractivity contribution is 6.16. The third-order valence-corrected chi connectivity index (χ3v) is 2.66. The van der Waals surface area contributed by atoms with Crippen LogP contribution in [-0.2, 0) is 5.88 Å². The van der Waals surface area contributed by atoms with E-state index in [9.17, 15) is 0 Å². The third kappa shape index (κ3) is 1.87. The van der Waals surface area contributed by atoms with Crippen molar-refractivity contribution in [2.45, 2.75) is 5.88 Å². The van der Waals surface area contributed by atoms with Crippen molar-refractivity contribution in [1.82, 2.24) is 15.2 Å². The first-order chi connectivity index (χ1) is 8.36. The molecule has 0 saturated carbocycles. The fraction of sp³-hybridized carbons (Fsp3) is 0.0833. The number of hydrogen-bond acceptors (Lipinski definition) is 4. The number of alkyl halides is 1. The second-order valence-electron chi connectivity index (χ2n) is 3.55. The van der Waals surface area contributed by atoms with Crippen molar-refractivity contribution < 1.29 is 4.42 Å². The molecule has 0 fully saturated rings. The van der Waals surface area contributed by atoms with Crippen LogP contribution in [0.3, 0.4) is 0 Å². The normalized spacial score (nSPS) is 10.9. The summed E-state index contributed by atoms with van der Waals surface area (Å²) in [6, 6.07) is 9.68. The van der Waals surface area contributed by atoms with E-state index < -0.39 is 0 Å². The average Bonchev–Trinajstić information content (AvgIpc) is 2.87. The largest absolute Gasteiger partial charge is 0.419 e. The van der Waals surface area contributed by atoms with Crippen molar-refractivity contribution in [3.05, 3.63) is 42.4 Å². The van der Waals surface area contributed by atoms with Crippen molar-refractivity contribution >= 4 is 22.5 Å². The van der Waals surface area contributed by atoms with E-state index in [1.54, 1.807) is 6.20 Å². The van der Waals surface area contributed by atoms with Crippen LogP contribution in [0.5, 0.6) is 0 Å². The Bertz CT molecular complexity index is 665. The fourth-order valence-corrected chi connectivity index (χ4v) is 1.74. The van der Waals surface area contributed by atoms with Crippen molar-refractivity contribution in [3.63, 3.8) is 0 Å². The molecule has 0 aliphatic carbocycles. The number of rotatable bonds is 2. The van der Waals surface area contributed by atoms with E-state index in [0.717, 1.165) is 16.5 Å². The maximum atomic E-state index is 5.62. The predicted molar refractivity (Wildman–Crippen MR) is 64.6 cm³/mol. The Hall–Kier alpha value is -1.94. The second-order valence-corrected chi connectivity index (χ2v) is 3.81. The summed E-state index contributed by atoms with van der Waals surface area (Å²) in [5.41, 5.74) is 1.81. The highest BCUT2D eigenvalue weighted by Gasteiger charge is 2.08. The predicted octanol–water partition coefficient (Wildman–Crippen LogP) is 3.02. The standard InChI is InChI=1S/C12H8ClN3O/c13-7-11-15-16-12(17-11)9-3-4-10-8(6-9)2-1-5-14-10/h1-6H,7H2. The minimum absolute atomic E-state index is 0.224. The molecule has 3 aromatic rings. The zero-order valence-corrected chi connectivity index (χ0v) is 9.55. The lowest BCUT2D eigenvalue weighted by atomic mass is 10.1. The van der Waals surface area contributed by atoms with Gasteiger partial charge in [0, 0.05) is 17.1 Å². The van der Waals surface area contributed by atoms with Crippen LogP contribution >= 0.6 is 11.6 Å². The van der Waals surface area contributed by atoms with Crippen molar-refractivity contribution in [2.24, 2.45) is 0 Å². The lowest BCUT2D eigenvalue weighted by molar-refractivity contribution is 0.527. The van der Waals surface area contributed by atoms with Crippen LogP contribution in [0.25, 0.3) is 22.4 Å². The van der Waals surface area contributed by atoms with Crippen LogP contribution in [0.2, 0.25) is 0 Å². The molecule has 17 heavy (non-hydrogen) atoms. The van der Waals surface area contributed by atoms with Crippen LogP contribution in [-0.4, -0.2) is 15.2 Å². The Morgan fingerprint density at radius 3 is 2.94 bits per heavy atom. The molecule has 5 heteroatoms. The van der Waals surface area contributed by atoms with Gasteiger partial charge in [0.1, 0.15) is 5.88 Å². The topological polar surface area (TPSA) is 51.8 Å². The van der Waals surface area contributed by atoms with Gasteiger partial charge >= 0.3 is 0 Å². The Morgan fingerprint density at radius 2 is 2.12 bits per heavy atom. The minimum Gasteiger partial charge on any atom is -0.419 e. The summed E-state index contributed by atoms with van der Waals surface area (Å²) in [4.78, 5) is 4.25. The van der Waals surface area contributed by atoms with E-state index in [4.69, 9.17) is 16.0 Å². The van der Waals surface area contributed by atoms with Crippen molar-refractivity contribution in [2.75, 3.05) is 0 Å². The van der Waals surface area contributed by atoms with E-state index >= 15 is 0 Å². The number of pyridine rings is 1. The van der Waals surface area contributed by atoms with Gasteiger partial charge in [-0.2, -0.15) is 0 Å². The van der Waals surface area contributed by atoms with E-state index in [1.807, 2.05) is 30.3 Å². The molecule has 0 aliphatic rings. The van der Waals surface area contributed by atoms with Crippen LogP contribution in [0, 0.1) is 0 Å². The molecule has 84 valence electrons. The van der Waals surface area contributed by atoms with Gasteiger partial charge in [0.15, 0.2) is 0 Å². The summed E-state index contributed by atoms with van der Waals surface area (Å²) >= 11 is 5.62. The van der Waals surface area contributed by atoms with Crippen LogP contribution in [0.1, 0.15) is 5.89 Å². The maximum absolute atomic E-state index is 5.62. The smallest absolute Gasteiger partial charge is 0.247 e. The molecule has 0 amide bonds. The molecular formula is C12H8ClN3O. The van der Waals surface area contributed by atoms with Gasteiger partial charge in [-0.1, -0.05) is 6.07 Å². The molecule has 4 nitrogen and oxygen atoms in total. The van der Waals surface area contributed by atoms with Gasteiger partial charge in [-0.25, -0.2) is 0 Å². The summed E-state index contributed by atoms with van der Waals surface area (Å²) in [5, 5.41) is 8.81. The Morgan fingerprint density at radius 1 is 1.18 bits per heavy atom. The van der Waals surface area contributed by atoms with Gasteiger partial charge in [-0.3, -0.25) is 4.98 Å². The molecule has 2 heterocycles. The molecule has 0 radical (unpaired) electrons. The monoisotopic (exact) mass is 245 g/mol. The highest BCUT2D eigenvalue weighted by atomic mass is 35.5. The minimum atomic E-state index is 0.224. The van der Waals surface area contributed by atoms with Gasteiger partial charge in [0.05, 0.1) is 5.52 Å². The fourth-order valence-electron chi connectivity index (χ4n) is 1.63. The molecule has 0 unspecified atom stereocenters. The Balaban J connectivity index is 2.11. The van der Waals surface area contributed by atoms with Gasteiger partial charge < -0.3 is 4.42 Å². The third-order valence-electron chi connectivity index (χ3n) is 2.43. The molecule has 0 saturated heterocycles. The van der Waals surface area contributed by atoms with E-state index in [0.29, 0.717) is 11.8 Å². The summed E-state index contributed by atoms with van der Waals surface area (Å²) in [6.45, 7) is 0. The molecule has 0 spiro atoms. The van der Waals surface area contributed by atoms with Gasteiger partial charge in [-0.05, 0) is 24.3 Å². The highest BCUT2D eigenvalue weighted by Crippen LogP contribution is 2.22. The maximum Gasteiger partial charge on any atom is 0.247 e. The SMILES string of the molecule is ClCc1nnc(-c2ccc3ncccc3c2)o1. The zero-order chi connectivity index (χ0) is 11.7. The lowest BCUT2D eigenvalue weighted by Crippen LogP contribution is -1.81. The number of hydrogen-bond donors (Lipinski definition) is 0. The lowest BCUT2D eigenvalue weighted by Gasteiger charge is -1.98. The van der Waals surface area contributed by atoms with Crippen LogP contribution in [0.15, 0.2) is 40.9 Å². The van der Waals surface area contributed by atoms with Gasteiger partial charge in [0.25, 0.3) is 0 Å². The molecule has 0 aliphatic heterocycles. The van der Waals surface area contributed by atoms with Gasteiger partial charge in [0.2, 0.25) is 11.8 Å². The number of aromatic nitrogens is 3. The summed E-state index contributed by atoms with van der Waals surface area (Å²) in [5.74, 6) is 1.13. The van der Waals surface area contributed by atoms with E-state index in [2.05, 4.69) is 15.2 Å². The Labute approximate surface area is 102 Å². The van der Waals surface area contributed by atoms with E-state index in [-0.39, 0.29) is 5.88 Å². The zero-order valence-electron chi connectivity index (χ0n) is 8.80. The van der Waals surface area contributed by atoms with Gasteiger partial charge in [-0.15, -0.1) is 21.8 Å². The first-order valence-electron chi connectivity index (χ1n) is 5.10. The number of fused-ring (bicyclic) bond motifs is 1. The average molecular weight is 246 g/mol. The van der Waals surface area contributed by atoms with Crippen molar-refractivity contribution in [1.29, 1.82) is 0 Å². The number of halogens is 1. The van der Waals surface area contributed by atoms with E-state index in [1.165, 1.54) is 0 Å². The van der Waals surface area contributed by atoms with Crippen LogP contribution in [0.4, 0.5) is 0 Å². The second kappa shape index (κ2) is 4.14. The molecule has 1 aromatic carbocycles. The molecular weight excluding hydrogens is 238 g/mol. The summed E-state index contributed by atoms with van der Waals surface area (Å²) in [6.07, 6.45) is 1.76. The Kier molecular flexibility index (Phi) is 2.49. The molecule has 0 N–H and O–H groups in total. The number of benzene rings is 1. The number of nitrogens with zero attached hydrogens (tertiary/aromatic N) is 3. The van der Waals surface area contributed by atoms with Crippen molar-refractivity contribution in [3.8, 4) is 11.5 Å². The van der Waals surface area contributed by atoms with Crippen LogP contribution < -0.4 is 0 Å². The molecule has 0 bridgehead atoms. The first-order valence-corrected chi connectivity index (χ1v) is 5.64. The summed E-state index contributed by atoms with van der Waals surface area (Å²) in [7, 11) is 0. The quantitative estimate of drug-likeness (QED) is 0.651. The summed E-state index contributed by atoms with van der Waals surface area (Å²) < 4.78 is 5.39. The molecule has 0 atom stereocenters. The molecule has 2 aromatic heterocycles. The first kappa shape index (κ1) is 10.2.